The molecule has 4 nitrogen and oxygen atoms in total. The van der Waals surface area contributed by atoms with E-state index in [2.05, 4.69) is 0 Å². The summed E-state index contributed by atoms with van der Waals surface area (Å²) in [5, 5.41) is 0. The molecule has 1 atom stereocenters. The number of halogens is 3. The number of nitrogens with zero attached hydrogens (tertiary/aromatic N) is 1. The Balaban J connectivity index is 1.97. The Morgan fingerprint density at radius 2 is 1.92 bits per heavy atom. The molecule has 1 aromatic rings. The predicted molar refractivity (Wildman–Crippen MR) is 83.0 cm³/mol. The molecular formula is C17H22F3NO3. The summed E-state index contributed by atoms with van der Waals surface area (Å²) in [4.78, 5) is 13.6. The van der Waals surface area contributed by atoms with Crippen molar-refractivity contribution in [2.75, 3.05) is 13.1 Å². The zero-order valence-electron chi connectivity index (χ0n) is 14.2. The lowest BCUT2D eigenvalue weighted by Gasteiger charge is -2.24. The van der Waals surface area contributed by atoms with Crippen LogP contribution in [-0.4, -0.2) is 35.8 Å². The number of likely N-dealkylation sites (tertiary alicyclic amines) is 1. The Labute approximate surface area is 139 Å². The Kier molecular flexibility index (Phi) is 5.01. The molecule has 1 amide bonds. The van der Waals surface area contributed by atoms with Crippen LogP contribution in [0, 0.1) is 6.92 Å². The van der Waals surface area contributed by atoms with Gasteiger partial charge in [0.15, 0.2) is 0 Å². The van der Waals surface area contributed by atoms with Crippen LogP contribution >= 0.6 is 0 Å². The number of hydrogen-bond donors (Lipinski definition) is 0. The zero-order chi connectivity index (χ0) is 18.1. The van der Waals surface area contributed by atoms with Crippen molar-refractivity contribution in [2.24, 2.45) is 0 Å². The topological polar surface area (TPSA) is 38.8 Å². The second kappa shape index (κ2) is 6.53. The Bertz CT molecular complexity index is 608. The van der Waals surface area contributed by atoms with Crippen molar-refractivity contribution in [1.29, 1.82) is 0 Å². The highest BCUT2D eigenvalue weighted by atomic mass is 19.4. The summed E-state index contributed by atoms with van der Waals surface area (Å²) in [5.41, 5.74) is -0.852. The van der Waals surface area contributed by atoms with E-state index in [0.717, 1.165) is 12.1 Å². The summed E-state index contributed by atoms with van der Waals surface area (Å²) in [5.74, 6) is 0.402. The van der Waals surface area contributed by atoms with Gasteiger partial charge in [0.05, 0.1) is 12.1 Å². The minimum absolute atomic E-state index is 0.257. The van der Waals surface area contributed by atoms with Gasteiger partial charge in [0.1, 0.15) is 17.5 Å². The SMILES string of the molecule is Cc1cc(C(F)(F)F)ccc1O[C@@H]1CCN(C(=O)OC(C)(C)C)C1. The number of carbonyl (C=O) groups excluding carboxylic acids is 1. The van der Waals surface area contributed by atoms with Crippen LogP contribution in [-0.2, 0) is 10.9 Å². The lowest BCUT2D eigenvalue weighted by atomic mass is 10.1. The number of aryl methyl sites for hydroxylation is 1. The molecule has 1 heterocycles. The van der Waals surface area contributed by atoms with Gasteiger partial charge in [0.25, 0.3) is 0 Å². The molecule has 24 heavy (non-hydrogen) atoms. The van der Waals surface area contributed by atoms with E-state index in [1.165, 1.54) is 6.07 Å². The van der Waals surface area contributed by atoms with Crippen LogP contribution in [0.4, 0.5) is 18.0 Å². The van der Waals surface area contributed by atoms with Crippen LogP contribution in [0.1, 0.15) is 38.3 Å². The van der Waals surface area contributed by atoms with Crippen LogP contribution in [0.5, 0.6) is 5.75 Å². The largest absolute Gasteiger partial charge is 0.488 e. The van der Waals surface area contributed by atoms with Crippen molar-refractivity contribution < 1.29 is 27.4 Å². The highest BCUT2D eigenvalue weighted by molar-refractivity contribution is 5.68. The maximum atomic E-state index is 12.7. The Hall–Kier alpha value is -1.92. The van der Waals surface area contributed by atoms with Gasteiger partial charge >= 0.3 is 12.3 Å². The van der Waals surface area contributed by atoms with E-state index < -0.39 is 23.4 Å². The first-order valence-electron chi connectivity index (χ1n) is 7.78. The average molecular weight is 345 g/mol. The summed E-state index contributed by atoms with van der Waals surface area (Å²) < 4.78 is 49.1. The molecule has 1 saturated heterocycles. The number of benzene rings is 1. The van der Waals surface area contributed by atoms with E-state index >= 15 is 0 Å². The van der Waals surface area contributed by atoms with Gasteiger partial charge in [0.2, 0.25) is 0 Å². The second-order valence-corrected chi connectivity index (χ2v) is 6.93. The highest BCUT2D eigenvalue weighted by Gasteiger charge is 2.33. The average Bonchev–Trinajstić information content (AvgIpc) is 2.86. The normalized spacial score (nSPS) is 18.6. The number of hydrogen-bond acceptors (Lipinski definition) is 3. The third-order valence-electron chi connectivity index (χ3n) is 3.59. The summed E-state index contributed by atoms with van der Waals surface area (Å²) in [6.45, 7) is 7.81. The van der Waals surface area contributed by atoms with Crippen LogP contribution in [0.2, 0.25) is 0 Å². The molecule has 0 radical (unpaired) electrons. The predicted octanol–water partition coefficient (Wildman–Crippen LogP) is 4.40. The molecule has 1 aromatic carbocycles. The quantitative estimate of drug-likeness (QED) is 0.797. The van der Waals surface area contributed by atoms with Crippen molar-refractivity contribution in [3.05, 3.63) is 29.3 Å². The van der Waals surface area contributed by atoms with Gasteiger partial charge in [0, 0.05) is 13.0 Å². The van der Waals surface area contributed by atoms with Gasteiger partial charge in [-0.1, -0.05) is 0 Å². The first-order chi connectivity index (χ1) is 11.0. The molecule has 0 saturated carbocycles. The van der Waals surface area contributed by atoms with Crippen LogP contribution in [0.3, 0.4) is 0 Å². The summed E-state index contributed by atoms with van der Waals surface area (Å²) in [6, 6.07) is 3.40. The van der Waals surface area contributed by atoms with Gasteiger partial charge in [-0.3, -0.25) is 0 Å². The number of ether oxygens (including phenoxy) is 2. The molecule has 1 fully saturated rings. The number of carbonyl (C=O) groups is 1. The van der Waals surface area contributed by atoms with E-state index in [9.17, 15) is 18.0 Å². The minimum Gasteiger partial charge on any atom is -0.488 e. The van der Waals surface area contributed by atoms with Crippen molar-refractivity contribution >= 4 is 6.09 Å². The highest BCUT2D eigenvalue weighted by Crippen LogP contribution is 2.33. The third kappa shape index (κ3) is 4.79. The monoisotopic (exact) mass is 345 g/mol. The van der Waals surface area contributed by atoms with Gasteiger partial charge in [-0.15, -0.1) is 0 Å². The van der Waals surface area contributed by atoms with Crippen LogP contribution in [0.15, 0.2) is 18.2 Å². The molecule has 0 aliphatic carbocycles. The summed E-state index contributed by atoms with van der Waals surface area (Å²) >= 11 is 0. The van der Waals surface area contributed by atoms with E-state index in [4.69, 9.17) is 9.47 Å². The number of rotatable bonds is 2. The van der Waals surface area contributed by atoms with Gasteiger partial charge < -0.3 is 14.4 Å². The molecule has 0 unspecified atom stereocenters. The lowest BCUT2D eigenvalue weighted by molar-refractivity contribution is -0.137. The molecule has 1 aliphatic rings. The zero-order valence-corrected chi connectivity index (χ0v) is 14.2. The fourth-order valence-corrected chi connectivity index (χ4v) is 2.45. The van der Waals surface area contributed by atoms with Crippen molar-refractivity contribution in [2.45, 2.75) is 52.0 Å². The Morgan fingerprint density at radius 3 is 2.46 bits per heavy atom. The first kappa shape index (κ1) is 18.4. The molecule has 0 N–H and O–H groups in total. The molecular weight excluding hydrogens is 323 g/mol. The fourth-order valence-electron chi connectivity index (χ4n) is 2.45. The van der Waals surface area contributed by atoms with E-state index in [-0.39, 0.29) is 6.10 Å². The maximum absolute atomic E-state index is 12.7. The minimum atomic E-state index is -4.37. The molecule has 2 rings (SSSR count). The van der Waals surface area contributed by atoms with E-state index in [1.807, 2.05) is 0 Å². The smallest absolute Gasteiger partial charge is 0.416 e. The van der Waals surface area contributed by atoms with Crippen molar-refractivity contribution in [3.63, 3.8) is 0 Å². The lowest BCUT2D eigenvalue weighted by Crippen LogP contribution is -2.36. The molecule has 0 spiro atoms. The van der Waals surface area contributed by atoms with Crippen molar-refractivity contribution in [1.82, 2.24) is 4.90 Å². The standard InChI is InChI=1S/C17H22F3NO3/c1-11-9-12(17(18,19)20)5-6-14(11)23-13-7-8-21(10-13)15(22)24-16(2,3)4/h5-6,9,13H,7-8,10H2,1-4H3/t13-/m1/s1. The molecule has 7 heteroatoms. The molecule has 134 valence electrons. The van der Waals surface area contributed by atoms with Gasteiger partial charge in [-0.2, -0.15) is 13.2 Å². The molecule has 0 aromatic heterocycles. The van der Waals surface area contributed by atoms with Crippen molar-refractivity contribution in [3.8, 4) is 5.75 Å². The maximum Gasteiger partial charge on any atom is 0.416 e. The third-order valence-corrected chi connectivity index (χ3v) is 3.59. The fraction of sp³-hybridized carbons (Fsp3) is 0.588. The summed E-state index contributed by atoms with van der Waals surface area (Å²) in [6.07, 6.45) is -4.42. The van der Waals surface area contributed by atoms with Crippen LogP contribution in [0.25, 0.3) is 0 Å². The second-order valence-electron chi connectivity index (χ2n) is 6.93. The molecule has 1 aliphatic heterocycles. The van der Waals surface area contributed by atoms with E-state index in [0.29, 0.717) is 30.8 Å². The first-order valence-corrected chi connectivity index (χ1v) is 7.78. The van der Waals surface area contributed by atoms with Gasteiger partial charge in [-0.25, -0.2) is 4.79 Å². The number of amides is 1. The summed E-state index contributed by atoms with van der Waals surface area (Å²) in [7, 11) is 0. The van der Waals surface area contributed by atoms with Gasteiger partial charge in [-0.05, 0) is 51.5 Å². The van der Waals surface area contributed by atoms with Crippen LogP contribution < -0.4 is 4.74 Å². The molecule has 0 bridgehead atoms. The Morgan fingerprint density at radius 1 is 1.25 bits per heavy atom. The van der Waals surface area contributed by atoms with E-state index in [1.54, 1.807) is 32.6 Å². The number of alkyl halides is 3.